The van der Waals surface area contributed by atoms with Crippen molar-refractivity contribution < 1.29 is 13.9 Å². The third kappa shape index (κ3) is 6.43. The first-order chi connectivity index (χ1) is 13.0. The number of thioether (sulfide) groups is 1. The van der Waals surface area contributed by atoms with Crippen molar-refractivity contribution >= 4 is 41.7 Å². The van der Waals surface area contributed by atoms with Crippen molar-refractivity contribution in [3.63, 3.8) is 0 Å². The number of hydrogen-bond acceptors (Lipinski definition) is 4. The first kappa shape index (κ1) is 23.6. The van der Waals surface area contributed by atoms with E-state index in [2.05, 4.69) is 20.5 Å². The van der Waals surface area contributed by atoms with Crippen molar-refractivity contribution in [2.75, 3.05) is 38.2 Å². The standard InChI is InChI=1S/C19H28F2N4OS.HI/c1-22-18(23-12-19(26)7-9-27-13-19)24-14-4-3-8-25(10-14)11-15-16(20)5-2-6-17(15)21;/h2,5-6,14,26H,3-4,7-13H2,1H3,(H2,22,23,24);1H. The summed E-state index contributed by atoms with van der Waals surface area (Å²) in [7, 11) is 1.71. The van der Waals surface area contributed by atoms with Gasteiger partial charge in [-0.15, -0.1) is 24.0 Å². The van der Waals surface area contributed by atoms with Crippen LogP contribution in [0.3, 0.4) is 0 Å². The Kier molecular flexibility index (Phi) is 9.23. The van der Waals surface area contributed by atoms with Crippen LogP contribution in [0.25, 0.3) is 0 Å². The molecule has 0 spiro atoms. The van der Waals surface area contributed by atoms with Gasteiger partial charge < -0.3 is 15.7 Å². The van der Waals surface area contributed by atoms with Crippen LogP contribution in [0.5, 0.6) is 0 Å². The summed E-state index contributed by atoms with van der Waals surface area (Å²) in [5.74, 6) is 1.39. The van der Waals surface area contributed by atoms with Crippen molar-refractivity contribution in [3.8, 4) is 0 Å². The summed E-state index contributed by atoms with van der Waals surface area (Å²) in [5, 5.41) is 17.1. The molecule has 1 aromatic rings. The summed E-state index contributed by atoms with van der Waals surface area (Å²) in [4.78, 5) is 6.32. The van der Waals surface area contributed by atoms with E-state index in [9.17, 15) is 13.9 Å². The highest BCUT2D eigenvalue weighted by Crippen LogP contribution is 2.27. The largest absolute Gasteiger partial charge is 0.387 e. The molecule has 9 heteroatoms. The van der Waals surface area contributed by atoms with Crippen LogP contribution in [0.2, 0.25) is 0 Å². The number of piperidine rings is 1. The predicted molar refractivity (Wildman–Crippen MR) is 121 cm³/mol. The van der Waals surface area contributed by atoms with Crippen molar-refractivity contribution in [1.29, 1.82) is 0 Å². The van der Waals surface area contributed by atoms with Gasteiger partial charge in [0.05, 0.1) is 5.60 Å². The Morgan fingerprint density at radius 1 is 1.39 bits per heavy atom. The molecule has 0 aliphatic carbocycles. The molecule has 158 valence electrons. The topological polar surface area (TPSA) is 59.9 Å². The smallest absolute Gasteiger partial charge is 0.191 e. The molecule has 0 amide bonds. The van der Waals surface area contributed by atoms with Gasteiger partial charge >= 0.3 is 0 Å². The molecule has 0 bridgehead atoms. The molecule has 0 radical (unpaired) electrons. The fraction of sp³-hybridized carbons (Fsp3) is 0.632. The van der Waals surface area contributed by atoms with E-state index in [1.807, 2.05) is 0 Å². The number of nitrogens with one attached hydrogen (secondary N) is 2. The number of benzene rings is 1. The van der Waals surface area contributed by atoms with Crippen LogP contribution in [0.1, 0.15) is 24.8 Å². The summed E-state index contributed by atoms with van der Waals surface area (Å²) >= 11 is 1.76. The average Bonchev–Trinajstić information content (AvgIpc) is 3.09. The summed E-state index contributed by atoms with van der Waals surface area (Å²) in [6, 6.07) is 4.14. The molecule has 0 aromatic heterocycles. The average molecular weight is 526 g/mol. The van der Waals surface area contributed by atoms with Crippen LogP contribution in [-0.4, -0.2) is 65.8 Å². The molecule has 2 heterocycles. The number of hydrogen-bond donors (Lipinski definition) is 3. The Balaban J connectivity index is 0.00000280. The summed E-state index contributed by atoms with van der Waals surface area (Å²) < 4.78 is 27.8. The number of halogens is 3. The van der Waals surface area contributed by atoms with Crippen LogP contribution < -0.4 is 10.6 Å². The van der Waals surface area contributed by atoms with Gasteiger partial charge in [0, 0.05) is 44.0 Å². The van der Waals surface area contributed by atoms with E-state index in [0.29, 0.717) is 19.0 Å². The normalized spacial score (nSPS) is 26.0. The number of nitrogens with zero attached hydrogens (tertiary/aromatic N) is 2. The van der Waals surface area contributed by atoms with Crippen LogP contribution in [0.15, 0.2) is 23.2 Å². The lowest BCUT2D eigenvalue weighted by molar-refractivity contribution is 0.0722. The highest BCUT2D eigenvalue weighted by Gasteiger charge is 2.32. The second-order valence-corrected chi connectivity index (χ2v) is 8.48. The van der Waals surface area contributed by atoms with Gasteiger partial charge in [0.2, 0.25) is 0 Å². The van der Waals surface area contributed by atoms with Crippen LogP contribution in [0, 0.1) is 11.6 Å². The molecule has 2 saturated heterocycles. The molecule has 3 rings (SSSR count). The van der Waals surface area contributed by atoms with Crippen LogP contribution in [-0.2, 0) is 6.54 Å². The number of likely N-dealkylation sites (tertiary alicyclic amines) is 1. The van der Waals surface area contributed by atoms with Crippen molar-refractivity contribution in [3.05, 3.63) is 35.4 Å². The predicted octanol–water partition coefficient (Wildman–Crippen LogP) is 2.58. The Labute approximate surface area is 186 Å². The highest BCUT2D eigenvalue weighted by atomic mass is 127. The van der Waals surface area contributed by atoms with Gasteiger partial charge in [-0.25, -0.2) is 8.78 Å². The van der Waals surface area contributed by atoms with Gasteiger partial charge in [0.15, 0.2) is 5.96 Å². The van der Waals surface area contributed by atoms with Gasteiger partial charge in [-0.1, -0.05) is 6.07 Å². The van der Waals surface area contributed by atoms with E-state index in [1.165, 1.54) is 18.2 Å². The first-order valence-corrected chi connectivity index (χ1v) is 10.6. The Morgan fingerprint density at radius 2 is 2.14 bits per heavy atom. The van der Waals surface area contributed by atoms with E-state index in [1.54, 1.807) is 18.8 Å². The molecule has 2 aliphatic heterocycles. The number of aliphatic imine (C=N–C) groups is 1. The summed E-state index contributed by atoms with van der Waals surface area (Å²) in [6.45, 7) is 2.24. The van der Waals surface area contributed by atoms with E-state index < -0.39 is 17.2 Å². The SMILES string of the molecule is CN=C(NCC1(O)CCSC1)NC1CCCN(Cc2c(F)cccc2F)C1.I. The van der Waals surface area contributed by atoms with Gasteiger partial charge in [-0.3, -0.25) is 9.89 Å². The van der Waals surface area contributed by atoms with Crippen molar-refractivity contribution in [2.24, 2.45) is 4.99 Å². The van der Waals surface area contributed by atoms with Crippen molar-refractivity contribution in [2.45, 2.75) is 37.5 Å². The molecule has 2 aliphatic rings. The third-order valence-electron chi connectivity index (χ3n) is 5.18. The lowest BCUT2D eigenvalue weighted by Crippen LogP contribution is -2.53. The van der Waals surface area contributed by atoms with Gasteiger partial charge in [-0.2, -0.15) is 11.8 Å². The van der Waals surface area contributed by atoms with Crippen LogP contribution in [0.4, 0.5) is 8.78 Å². The molecule has 5 nitrogen and oxygen atoms in total. The Hall–Kier alpha value is -0.650. The zero-order chi connectivity index (χ0) is 19.3. The molecule has 1 aromatic carbocycles. The van der Waals surface area contributed by atoms with E-state index in [0.717, 1.165) is 37.3 Å². The molecule has 0 saturated carbocycles. The van der Waals surface area contributed by atoms with Crippen LogP contribution >= 0.6 is 35.7 Å². The first-order valence-electron chi connectivity index (χ1n) is 9.42. The second kappa shape index (κ2) is 10.9. The fourth-order valence-electron chi connectivity index (χ4n) is 3.60. The maximum Gasteiger partial charge on any atom is 0.191 e. The zero-order valence-corrected chi connectivity index (χ0v) is 19.2. The fourth-order valence-corrected chi connectivity index (χ4v) is 4.89. The van der Waals surface area contributed by atoms with Crippen molar-refractivity contribution in [1.82, 2.24) is 15.5 Å². The van der Waals surface area contributed by atoms with Gasteiger partial charge in [0.25, 0.3) is 0 Å². The zero-order valence-electron chi connectivity index (χ0n) is 16.1. The number of aliphatic hydroxyl groups is 1. The minimum atomic E-state index is -0.677. The lowest BCUT2D eigenvalue weighted by atomic mass is 10.0. The molecule has 28 heavy (non-hydrogen) atoms. The highest BCUT2D eigenvalue weighted by molar-refractivity contribution is 14.0. The van der Waals surface area contributed by atoms with E-state index >= 15 is 0 Å². The van der Waals surface area contributed by atoms with Gasteiger partial charge in [0.1, 0.15) is 11.6 Å². The lowest BCUT2D eigenvalue weighted by Gasteiger charge is -2.34. The summed E-state index contributed by atoms with van der Waals surface area (Å²) in [6.07, 6.45) is 2.70. The minimum Gasteiger partial charge on any atom is -0.387 e. The molecule has 2 unspecified atom stereocenters. The Bertz CT molecular complexity index is 653. The molecule has 3 N–H and O–H groups in total. The molecule has 2 atom stereocenters. The molecular weight excluding hydrogens is 497 g/mol. The Morgan fingerprint density at radius 3 is 2.79 bits per heavy atom. The quantitative estimate of drug-likeness (QED) is 0.313. The third-order valence-corrected chi connectivity index (χ3v) is 6.42. The number of guanidine groups is 1. The number of rotatable bonds is 5. The van der Waals surface area contributed by atoms with E-state index in [-0.39, 0.29) is 42.1 Å². The second-order valence-electron chi connectivity index (χ2n) is 7.37. The molecular formula is C19H29F2IN4OS. The van der Waals surface area contributed by atoms with E-state index in [4.69, 9.17) is 0 Å². The van der Waals surface area contributed by atoms with Gasteiger partial charge in [-0.05, 0) is 43.7 Å². The maximum atomic E-state index is 13.9. The molecule has 2 fully saturated rings. The summed E-state index contributed by atoms with van der Waals surface area (Å²) in [5.41, 5.74) is -0.551. The maximum absolute atomic E-state index is 13.9. The monoisotopic (exact) mass is 526 g/mol. The minimum absolute atomic E-state index is 0.